The minimum absolute atomic E-state index is 0.0970. The number of nitro groups is 1. The smallest absolute Gasteiger partial charge is 0.282 e. The largest absolute Gasteiger partial charge is 0.493 e. The molecule has 0 aromatic heterocycles. The quantitative estimate of drug-likeness (QED) is 0.0857. The van der Waals surface area contributed by atoms with Crippen LogP contribution in [0, 0.1) is 10.1 Å². The third kappa shape index (κ3) is 13.5. The molecule has 0 unspecified atom stereocenters. The standard InChI is InChI=1S/C27H49N2O4/c1-6-7-8-9-10-11-12-13-14-15-16-17-18-19-20-33-27-22-25(28(30)31)24(21-26(27)32-5)23-29(2,3)4/h21-22H,6-20,23H2,1-5H3/q+1. The Balaban J connectivity index is 2.25. The predicted molar refractivity (Wildman–Crippen MR) is 137 cm³/mol. The number of benzene rings is 1. The number of quaternary nitrogens is 1. The van der Waals surface area contributed by atoms with Crippen LogP contribution in [0.5, 0.6) is 11.5 Å². The van der Waals surface area contributed by atoms with Crippen molar-refractivity contribution in [3.8, 4) is 11.5 Å². The maximum absolute atomic E-state index is 11.6. The first-order valence-corrected chi connectivity index (χ1v) is 13.1. The van der Waals surface area contributed by atoms with E-state index in [-0.39, 0.29) is 10.6 Å². The van der Waals surface area contributed by atoms with Crippen LogP contribution in [0.3, 0.4) is 0 Å². The normalized spacial score (nSPS) is 11.5. The molecule has 1 aromatic rings. The molecule has 0 bridgehead atoms. The van der Waals surface area contributed by atoms with E-state index in [4.69, 9.17) is 9.47 Å². The van der Waals surface area contributed by atoms with E-state index >= 15 is 0 Å². The number of ether oxygens (including phenoxy) is 2. The van der Waals surface area contributed by atoms with Crippen LogP contribution in [0.25, 0.3) is 0 Å². The molecule has 0 saturated carbocycles. The van der Waals surface area contributed by atoms with E-state index < -0.39 is 0 Å². The molecule has 0 atom stereocenters. The number of nitrogens with zero attached hydrogens (tertiary/aromatic N) is 2. The maximum Gasteiger partial charge on any atom is 0.282 e. The summed E-state index contributed by atoms with van der Waals surface area (Å²) in [4.78, 5) is 11.2. The summed E-state index contributed by atoms with van der Waals surface area (Å²) in [5, 5.41) is 11.6. The molecule has 6 heteroatoms. The van der Waals surface area contributed by atoms with Gasteiger partial charge in [0, 0.05) is 0 Å². The Labute approximate surface area is 202 Å². The Bertz CT molecular complexity index is 671. The van der Waals surface area contributed by atoms with Crippen molar-refractivity contribution >= 4 is 5.69 Å². The molecule has 0 heterocycles. The second kappa shape index (κ2) is 16.7. The van der Waals surface area contributed by atoms with Crippen LogP contribution >= 0.6 is 0 Å². The fourth-order valence-electron chi connectivity index (χ4n) is 4.15. The molecule has 1 rings (SSSR count). The van der Waals surface area contributed by atoms with Gasteiger partial charge < -0.3 is 14.0 Å². The lowest BCUT2D eigenvalue weighted by Gasteiger charge is -2.24. The summed E-state index contributed by atoms with van der Waals surface area (Å²) in [6.45, 7) is 3.37. The Morgan fingerprint density at radius 1 is 0.788 bits per heavy atom. The number of unbranched alkanes of at least 4 members (excludes halogenated alkanes) is 13. The zero-order chi connectivity index (χ0) is 24.5. The van der Waals surface area contributed by atoms with E-state index in [2.05, 4.69) is 6.92 Å². The van der Waals surface area contributed by atoms with Gasteiger partial charge in [0.15, 0.2) is 11.5 Å². The van der Waals surface area contributed by atoms with E-state index in [1.54, 1.807) is 13.2 Å². The highest BCUT2D eigenvalue weighted by Gasteiger charge is 2.24. The molecule has 1 aromatic carbocycles. The van der Waals surface area contributed by atoms with Crippen molar-refractivity contribution in [2.75, 3.05) is 34.9 Å². The predicted octanol–water partition coefficient (Wildman–Crippen LogP) is 7.67. The van der Waals surface area contributed by atoms with Crippen LogP contribution in [-0.2, 0) is 6.54 Å². The number of rotatable bonds is 20. The van der Waals surface area contributed by atoms with E-state index in [1.807, 2.05) is 21.1 Å². The lowest BCUT2D eigenvalue weighted by atomic mass is 10.0. The van der Waals surface area contributed by atoms with Gasteiger partial charge in [0.25, 0.3) is 5.69 Å². The molecular formula is C27H49N2O4+. The molecule has 0 saturated heterocycles. The van der Waals surface area contributed by atoms with Crippen molar-refractivity contribution in [1.29, 1.82) is 0 Å². The van der Waals surface area contributed by atoms with Crippen molar-refractivity contribution < 1.29 is 18.9 Å². The minimum Gasteiger partial charge on any atom is -0.493 e. The fraction of sp³-hybridized carbons (Fsp3) is 0.778. The molecule has 0 N–H and O–H groups in total. The highest BCUT2D eigenvalue weighted by molar-refractivity contribution is 5.54. The lowest BCUT2D eigenvalue weighted by molar-refractivity contribution is -0.884. The van der Waals surface area contributed by atoms with Gasteiger partial charge in [-0.05, 0) is 12.5 Å². The molecular weight excluding hydrogens is 416 g/mol. The van der Waals surface area contributed by atoms with E-state index in [1.165, 1.54) is 83.1 Å². The van der Waals surface area contributed by atoms with Gasteiger partial charge in [0.05, 0.1) is 51.4 Å². The van der Waals surface area contributed by atoms with Crippen molar-refractivity contribution in [2.45, 2.75) is 103 Å². The zero-order valence-electron chi connectivity index (χ0n) is 22.0. The van der Waals surface area contributed by atoms with E-state index in [0.29, 0.717) is 34.7 Å². The Morgan fingerprint density at radius 2 is 1.27 bits per heavy atom. The first kappa shape index (κ1) is 29.2. The molecule has 33 heavy (non-hydrogen) atoms. The Kier molecular flexibility index (Phi) is 14.8. The molecule has 0 radical (unpaired) electrons. The van der Waals surface area contributed by atoms with Gasteiger partial charge in [-0.15, -0.1) is 0 Å². The van der Waals surface area contributed by atoms with Gasteiger partial charge in [0.2, 0.25) is 0 Å². The van der Waals surface area contributed by atoms with Crippen LogP contribution in [0.1, 0.15) is 102 Å². The van der Waals surface area contributed by atoms with Crippen molar-refractivity contribution in [2.24, 2.45) is 0 Å². The number of hydrogen-bond acceptors (Lipinski definition) is 4. The molecule has 0 aliphatic heterocycles. The number of methoxy groups -OCH3 is 1. The molecule has 0 amide bonds. The van der Waals surface area contributed by atoms with Crippen LogP contribution in [0.4, 0.5) is 5.69 Å². The van der Waals surface area contributed by atoms with Crippen molar-refractivity contribution in [3.05, 3.63) is 27.8 Å². The maximum atomic E-state index is 11.6. The van der Waals surface area contributed by atoms with Gasteiger partial charge in [-0.25, -0.2) is 0 Å². The Morgan fingerprint density at radius 3 is 1.70 bits per heavy atom. The molecule has 6 nitrogen and oxygen atoms in total. The van der Waals surface area contributed by atoms with Gasteiger partial charge >= 0.3 is 0 Å². The summed E-state index contributed by atoms with van der Waals surface area (Å²) in [5.74, 6) is 1.03. The summed E-state index contributed by atoms with van der Waals surface area (Å²) in [7, 11) is 7.61. The van der Waals surface area contributed by atoms with Gasteiger partial charge in [-0.3, -0.25) is 10.1 Å². The molecule has 190 valence electrons. The highest BCUT2D eigenvalue weighted by Crippen LogP contribution is 2.35. The third-order valence-electron chi connectivity index (χ3n) is 5.96. The second-order valence-corrected chi connectivity index (χ2v) is 10.3. The van der Waals surface area contributed by atoms with Crippen LogP contribution < -0.4 is 9.47 Å². The third-order valence-corrected chi connectivity index (χ3v) is 5.96. The summed E-state index contributed by atoms with van der Waals surface area (Å²) >= 11 is 0. The van der Waals surface area contributed by atoms with Crippen molar-refractivity contribution in [1.82, 2.24) is 0 Å². The molecule has 0 fully saturated rings. The SMILES string of the molecule is CCCCCCCCCCCCCCCCOc1cc([N+](=O)[O-])c(C[N+](C)(C)C)cc1OC. The summed E-state index contributed by atoms with van der Waals surface area (Å²) in [5.41, 5.74) is 0.757. The molecule has 0 aliphatic rings. The molecule has 0 spiro atoms. The topological polar surface area (TPSA) is 61.6 Å². The Hall–Kier alpha value is -1.82. The average Bonchev–Trinajstić information content (AvgIpc) is 2.75. The van der Waals surface area contributed by atoms with Crippen LogP contribution in [-0.4, -0.2) is 44.3 Å². The van der Waals surface area contributed by atoms with E-state index in [0.717, 1.165) is 12.8 Å². The molecule has 0 aliphatic carbocycles. The van der Waals surface area contributed by atoms with Crippen LogP contribution in [0.15, 0.2) is 12.1 Å². The van der Waals surface area contributed by atoms with Crippen LogP contribution in [0.2, 0.25) is 0 Å². The monoisotopic (exact) mass is 465 g/mol. The van der Waals surface area contributed by atoms with Gasteiger partial charge in [-0.2, -0.15) is 0 Å². The van der Waals surface area contributed by atoms with Crippen molar-refractivity contribution in [3.63, 3.8) is 0 Å². The number of hydrogen-bond donors (Lipinski definition) is 0. The number of nitro benzene ring substituents is 1. The first-order chi connectivity index (χ1) is 15.8. The summed E-state index contributed by atoms with van der Waals surface area (Å²) in [6.07, 6.45) is 18.4. The highest BCUT2D eigenvalue weighted by atomic mass is 16.6. The first-order valence-electron chi connectivity index (χ1n) is 13.1. The fourth-order valence-corrected chi connectivity index (χ4v) is 4.15. The average molecular weight is 466 g/mol. The summed E-state index contributed by atoms with van der Waals surface area (Å²) in [6, 6.07) is 3.27. The summed E-state index contributed by atoms with van der Waals surface area (Å²) < 4.78 is 11.9. The zero-order valence-corrected chi connectivity index (χ0v) is 22.0. The second-order valence-electron chi connectivity index (χ2n) is 10.3. The van der Waals surface area contributed by atoms with Gasteiger partial charge in [-0.1, -0.05) is 90.4 Å². The minimum atomic E-state index is -0.330. The van der Waals surface area contributed by atoms with E-state index in [9.17, 15) is 10.1 Å². The van der Waals surface area contributed by atoms with Gasteiger partial charge in [0.1, 0.15) is 6.54 Å². The lowest BCUT2D eigenvalue weighted by Crippen LogP contribution is -2.33.